The van der Waals surface area contributed by atoms with E-state index < -0.39 is 17.6 Å². The summed E-state index contributed by atoms with van der Waals surface area (Å²) in [5.41, 5.74) is 5.32. The summed E-state index contributed by atoms with van der Waals surface area (Å²) in [6, 6.07) is -0.685. The Morgan fingerprint density at radius 1 is 1.37 bits per heavy atom. The van der Waals surface area contributed by atoms with Crippen molar-refractivity contribution in [1.29, 1.82) is 0 Å². The fraction of sp³-hybridized carbons (Fsp3) is 0.846. The number of esters is 1. The molecule has 110 valence electrons. The molecule has 0 aromatic heterocycles. The Labute approximate surface area is 114 Å². The maximum Gasteiger partial charge on any atom is 0.410 e. The van der Waals surface area contributed by atoms with E-state index in [2.05, 4.69) is 4.74 Å². The molecule has 19 heavy (non-hydrogen) atoms. The Balaban J connectivity index is 2.59. The van der Waals surface area contributed by atoms with Gasteiger partial charge in [-0.25, -0.2) is 4.79 Å². The zero-order valence-corrected chi connectivity index (χ0v) is 12.1. The van der Waals surface area contributed by atoms with Crippen molar-refractivity contribution in [3.05, 3.63) is 0 Å². The lowest BCUT2D eigenvalue weighted by molar-refractivity contribution is -0.144. The van der Waals surface area contributed by atoms with Gasteiger partial charge < -0.3 is 20.1 Å². The fourth-order valence-electron chi connectivity index (χ4n) is 2.12. The number of methoxy groups -OCH3 is 1. The van der Waals surface area contributed by atoms with Gasteiger partial charge in [0.1, 0.15) is 11.6 Å². The number of carbonyl (C=O) groups is 2. The van der Waals surface area contributed by atoms with Crippen LogP contribution in [0.5, 0.6) is 0 Å². The van der Waals surface area contributed by atoms with Gasteiger partial charge >= 0.3 is 12.1 Å². The number of hydrogen-bond donors (Lipinski definition) is 1. The lowest BCUT2D eigenvalue weighted by Crippen LogP contribution is -2.50. The highest BCUT2D eigenvalue weighted by atomic mass is 16.6. The van der Waals surface area contributed by atoms with Crippen molar-refractivity contribution in [2.45, 2.75) is 45.3 Å². The van der Waals surface area contributed by atoms with E-state index in [1.807, 2.05) is 20.8 Å². The number of carbonyl (C=O) groups excluding carboxylic acids is 2. The summed E-state index contributed by atoms with van der Waals surface area (Å²) in [5, 5.41) is 0. The molecule has 6 heteroatoms. The summed E-state index contributed by atoms with van der Waals surface area (Å²) in [7, 11) is 1.32. The van der Waals surface area contributed by atoms with Gasteiger partial charge in [-0.3, -0.25) is 4.79 Å². The number of hydrogen-bond acceptors (Lipinski definition) is 5. The number of piperidine rings is 1. The number of nitrogens with zero attached hydrogens (tertiary/aromatic N) is 1. The fourth-order valence-corrected chi connectivity index (χ4v) is 2.12. The molecule has 0 saturated carbocycles. The Kier molecular flexibility index (Phi) is 5.17. The van der Waals surface area contributed by atoms with Crippen molar-refractivity contribution in [3.63, 3.8) is 0 Å². The van der Waals surface area contributed by atoms with E-state index in [4.69, 9.17) is 10.5 Å². The third kappa shape index (κ3) is 4.70. The quantitative estimate of drug-likeness (QED) is 0.762. The van der Waals surface area contributed by atoms with E-state index >= 15 is 0 Å². The van der Waals surface area contributed by atoms with Crippen LogP contribution in [-0.4, -0.2) is 48.8 Å². The Morgan fingerprint density at radius 2 is 2.00 bits per heavy atom. The second-order valence-electron chi connectivity index (χ2n) is 5.88. The molecule has 0 aromatic rings. The van der Waals surface area contributed by atoms with E-state index in [0.29, 0.717) is 13.1 Å². The number of ether oxygens (including phenoxy) is 2. The smallest absolute Gasteiger partial charge is 0.410 e. The minimum atomic E-state index is -0.685. The van der Waals surface area contributed by atoms with Crippen LogP contribution in [0.4, 0.5) is 4.79 Å². The minimum Gasteiger partial charge on any atom is -0.468 e. The Morgan fingerprint density at radius 3 is 2.53 bits per heavy atom. The highest BCUT2D eigenvalue weighted by Crippen LogP contribution is 2.21. The molecule has 0 radical (unpaired) electrons. The zero-order chi connectivity index (χ0) is 14.6. The normalized spacial score (nSPS) is 21.7. The predicted molar refractivity (Wildman–Crippen MR) is 70.5 cm³/mol. The van der Waals surface area contributed by atoms with Gasteiger partial charge in [0.15, 0.2) is 0 Å². The molecule has 2 N–H and O–H groups in total. The molecular formula is C13H24N2O4. The van der Waals surface area contributed by atoms with Crippen LogP contribution in [-0.2, 0) is 14.3 Å². The van der Waals surface area contributed by atoms with Gasteiger partial charge in [0.05, 0.1) is 7.11 Å². The standard InChI is InChI=1S/C13H24N2O4/c1-13(2,3)19-12(17)15-7-5-6-9(8-15)10(14)11(16)18-4/h9-10H,5-8,14H2,1-4H3/t9-,10+/m1/s1. The van der Waals surface area contributed by atoms with Crippen LogP contribution in [0, 0.1) is 5.92 Å². The van der Waals surface area contributed by atoms with Gasteiger partial charge in [-0.15, -0.1) is 0 Å². The molecule has 0 bridgehead atoms. The number of likely N-dealkylation sites (tertiary alicyclic amines) is 1. The van der Waals surface area contributed by atoms with Crippen LogP contribution in [0.15, 0.2) is 0 Å². The van der Waals surface area contributed by atoms with E-state index in [0.717, 1.165) is 12.8 Å². The average Bonchev–Trinajstić information content (AvgIpc) is 2.35. The first-order valence-corrected chi connectivity index (χ1v) is 6.56. The third-order valence-electron chi connectivity index (χ3n) is 3.09. The molecule has 1 amide bonds. The van der Waals surface area contributed by atoms with E-state index in [9.17, 15) is 9.59 Å². The molecule has 1 heterocycles. The van der Waals surface area contributed by atoms with Gasteiger partial charge in [0.2, 0.25) is 0 Å². The zero-order valence-electron chi connectivity index (χ0n) is 12.1. The largest absolute Gasteiger partial charge is 0.468 e. The van der Waals surface area contributed by atoms with Crippen LogP contribution in [0.2, 0.25) is 0 Å². The van der Waals surface area contributed by atoms with Crippen LogP contribution >= 0.6 is 0 Å². The van der Waals surface area contributed by atoms with Gasteiger partial charge in [-0.1, -0.05) is 0 Å². The summed E-state index contributed by atoms with van der Waals surface area (Å²) >= 11 is 0. The van der Waals surface area contributed by atoms with Gasteiger partial charge in [0, 0.05) is 19.0 Å². The predicted octanol–water partition coefficient (Wildman–Crippen LogP) is 1.13. The van der Waals surface area contributed by atoms with Gasteiger partial charge in [0.25, 0.3) is 0 Å². The molecule has 2 atom stereocenters. The monoisotopic (exact) mass is 272 g/mol. The lowest BCUT2D eigenvalue weighted by Gasteiger charge is -2.35. The summed E-state index contributed by atoms with van der Waals surface area (Å²) in [6.45, 7) is 6.55. The Bertz CT molecular complexity index is 338. The van der Waals surface area contributed by atoms with Crippen molar-refractivity contribution >= 4 is 12.1 Å². The maximum atomic E-state index is 12.0. The maximum absolute atomic E-state index is 12.0. The highest BCUT2D eigenvalue weighted by Gasteiger charge is 2.33. The molecule has 1 aliphatic rings. The van der Waals surface area contributed by atoms with Crippen LogP contribution < -0.4 is 5.73 Å². The second-order valence-corrected chi connectivity index (χ2v) is 5.88. The lowest BCUT2D eigenvalue weighted by atomic mass is 9.91. The van der Waals surface area contributed by atoms with Crippen molar-refractivity contribution in [2.24, 2.45) is 11.7 Å². The van der Waals surface area contributed by atoms with Crippen LogP contribution in [0.1, 0.15) is 33.6 Å². The molecular weight excluding hydrogens is 248 g/mol. The van der Waals surface area contributed by atoms with Crippen molar-refractivity contribution in [3.8, 4) is 0 Å². The van der Waals surface area contributed by atoms with Gasteiger partial charge in [-0.05, 0) is 33.6 Å². The molecule has 0 aliphatic carbocycles. The number of rotatable bonds is 2. The molecule has 1 aliphatic heterocycles. The van der Waals surface area contributed by atoms with E-state index in [1.165, 1.54) is 7.11 Å². The van der Waals surface area contributed by atoms with Crippen LogP contribution in [0.25, 0.3) is 0 Å². The second kappa shape index (κ2) is 6.23. The molecule has 0 spiro atoms. The average molecular weight is 272 g/mol. The summed E-state index contributed by atoms with van der Waals surface area (Å²) in [5.74, 6) is -0.509. The molecule has 0 unspecified atom stereocenters. The molecule has 6 nitrogen and oxygen atoms in total. The van der Waals surface area contributed by atoms with Crippen molar-refractivity contribution in [1.82, 2.24) is 4.90 Å². The topological polar surface area (TPSA) is 81.9 Å². The first-order chi connectivity index (χ1) is 8.74. The first-order valence-electron chi connectivity index (χ1n) is 6.56. The first kappa shape index (κ1) is 15.8. The van der Waals surface area contributed by atoms with Crippen molar-refractivity contribution in [2.75, 3.05) is 20.2 Å². The summed E-state index contributed by atoms with van der Waals surface area (Å²) < 4.78 is 9.96. The highest BCUT2D eigenvalue weighted by molar-refractivity contribution is 5.76. The third-order valence-corrected chi connectivity index (χ3v) is 3.09. The van der Waals surface area contributed by atoms with Gasteiger partial charge in [-0.2, -0.15) is 0 Å². The number of nitrogens with two attached hydrogens (primary N) is 1. The SMILES string of the molecule is COC(=O)[C@@H](N)[C@@H]1CCCN(C(=O)OC(C)(C)C)C1. The summed E-state index contributed by atoms with van der Waals surface area (Å²) in [4.78, 5) is 25.0. The van der Waals surface area contributed by atoms with E-state index in [1.54, 1.807) is 4.90 Å². The van der Waals surface area contributed by atoms with Crippen LogP contribution in [0.3, 0.4) is 0 Å². The van der Waals surface area contributed by atoms with E-state index in [-0.39, 0.29) is 12.0 Å². The number of amides is 1. The molecule has 1 saturated heterocycles. The molecule has 1 fully saturated rings. The Hall–Kier alpha value is -1.30. The molecule has 0 aromatic carbocycles. The minimum absolute atomic E-state index is 0.0753. The molecule has 1 rings (SSSR count). The van der Waals surface area contributed by atoms with Crippen molar-refractivity contribution < 1.29 is 19.1 Å². The summed E-state index contributed by atoms with van der Waals surface area (Å²) in [6.07, 6.45) is 1.28.